The Labute approximate surface area is 97.9 Å². The van der Waals surface area contributed by atoms with Crippen LogP contribution >= 0.6 is 0 Å². The fourth-order valence-electron chi connectivity index (χ4n) is 2.75. The minimum absolute atomic E-state index is 0.263. The van der Waals surface area contributed by atoms with Gasteiger partial charge in [-0.1, -0.05) is 19.3 Å². The summed E-state index contributed by atoms with van der Waals surface area (Å²) in [5.74, 6) is 0.816. The van der Waals surface area contributed by atoms with Crippen LogP contribution in [0.1, 0.15) is 51.4 Å². The van der Waals surface area contributed by atoms with Gasteiger partial charge in [0, 0.05) is 25.7 Å². The second-order valence-electron chi connectivity index (χ2n) is 5.16. The van der Waals surface area contributed by atoms with Crippen LogP contribution in [0.4, 0.5) is 0 Å². The Balaban J connectivity index is 1.66. The van der Waals surface area contributed by atoms with Gasteiger partial charge in [-0.2, -0.15) is 0 Å². The highest BCUT2D eigenvalue weighted by Gasteiger charge is 2.20. The number of hydrogen-bond acceptors (Lipinski definition) is 2. The lowest BCUT2D eigenvalue weighted by atomic mass is 9.93. The van der Waals surface area contributed by atoms with Crippen molar-refractivity contribution in [2.45, 2.75) is 57.4 Å². The van der Waals surface area contributed by atoms with Crippen molar-refractivity contribution in [3.05, 3.63) is 0 Å². The van der Waals surface area contributed by atoms with Crippen LogP contribution < -0.4 is 5.32 Å². The third kappa shape index (κ3) is 3.78. The van der Waals surface area contributed by atoms with Gasteiger partial charge >= 0.3 is 0 Å². The van der Waals surface area contributed by atoms with E-state index in [0.29, 0.717) is 18.4 Å². The van der Waals surface area contributed by atoms with Gasteiger partial charge in [-0.3, -0.25) is 4.79 Å². The number of hydrogen-bond donors (Lipinski definition) is 1. The molecule has 1 aliphatic heterocycles. The molecule has 1 heterocycles. The van der Waals surface area contributed by atoms with Crippen molar-refractivity contribution in [2.24, 2.45) is 5.92 Å². The first-order chi connectivity index (χ1) is 7.84. The number of rotatable bonds is 3. The van der Waals surface area contributed by atoms with E-state index in [1.807, 2.05) is 0 Å². The van der Waals surface area contributed by atoms with E-state index in [0.717, 1.165) is 26.1 Å². The zero-order chi connectivity index (χ0) is 11.2. The molecule has 3 heteroatoms. The molecule has 0 aromatic carbocycles. The molecule has 2 aliphatic rings. The Morgan fingerprint density at radius 1 is 1.06 bits per heavy atom. The molecule has 92 valence electrons. The molecule has 16 heavy (non-hydrogen) atoms. The first kappa shape index (κ1) is 11.9. The number of carbonyl (C=O) groups excluding carboxylic acids is 1. The summed E-state index contributed by atoms with van der Waals surface area (Å²) in [7, 11) is 0. The van der Waals surface area contributed by atoms with Gasteiger partial charge in [-0.25, -0.2) is 0 Å². The van der Waals surface area contributed by atoms with Gasteiger partial charge in [0.05, 0.1) is 0 Å². The van der Waals surface area contributed by atoms with Crippen LogP contribution in [0.15, 0.2) is 0 Å². The smallest absolute Gasteiger partial charge is 0.220 e. The Hall–Kier alpha value is -0.570. The first-order valence-corrected chi connectivity index (χ1v) is 6.71. The molecule has 1 amide bonds. The predicted molar refractivity (Wildman–Crippen MR) is 63.2 cm³/mol. The summed E-state index contributed by atoms with van der Waals surface area (Å²) >= 11 is 0. The molecule has 0 aromatic heterocycles. The first-order valence-electron chi connectivity index (χ1n) is 6.71. The van der Waals surface area contributed by atoms with Crippen molar-refractivity contribution in [2.75, 3.05) is 13.2 Å². The van der Waals surface area contributed by atoms with E-state index in [4.69, 9.17) is 4.74 Å². The summed E-state index contributed by atoms with van der Waals surface area (Å²) in [6.07, 6.45) is 9.08. The van der Waals surface area contributed by atoms with Crippen molar-refractivity contribution in [3.63, 3.8) is 0 Å². The normalized spacial score (nSPS) is 24.2. The third-order valence-electron chi connectivity index (χ3n) is 3.79. The standard InChI is InChI=1S/C13H23NO2/c15-13(10-11-6-8-16-9-7-11)14-12-4-2-1-3-5-12/h11-12H,1-10H2,(H,14,15). The molecular formula is C13H23NO2. The van der Waals surface area contributed by atoms with Crippen LogP contribution in [0, 0.1) is 5.92 Å². The van der Waals surface area contributed by atoms with Crippen molar-refractivity contribution >= 4 is 5.91 Å². The van der Waals surface area contributed by atoms with E-state index in [-0.39, 0.29) is 5.91 Å². The molecule has 0 radical (unpaired) electrons. The Kier molecular flexibility index (Phi) is 4.64. The highest BCUT2D eigenvalue weighted by molar-refractivity contribution is 5.76. The van der Waals surface area contributed by atoms with Crippen molar-refractivity contribution in [1.82, 2.24) is 5.32 Å². The zero-order valence-corrected chi connectivity index (χ0v) is 10.0. The minimum atomic E-state index is 0.263. The van der Waals surface area contributed by atoms with Gasteiger partial charge in [0.2, 0.25) is 5.91 Å². The van der Waals surface area contributed by atoms with Crippen LogP contribution in [-0.2, 0) is 9.53 Å². The summed E-state index contributed by atoms with van der Waals surface area (Å²) in [6.45, 7) is 1.67. The lowest BCUT2D eigenvalue weighted by Gasteiger charge is -2.25. The Bertz CT molecular complexity index is 196. The number of amides is 1. The van der Waals surface area contributed by atoms with Gasteiger partial charge in [0.15, 0.2) is 0 Å². The van der Waals surface area contributed by atoms with Crippen LogP contribution in [0.25, 0.3) is 0 Å². The van der Waals surface area contributed by atoms with Crippen LogP contribution in [0.3, 0.4) is 0 Å². The monoisotopic (exact) mass is 225 g/mol. The molecule has 0 spiro atoms. The van der Waals surface area contributed by atoms with Crippen molar-refractivity contribution in [1.29, 1.82) is 0 Å². The van der Waals surface area contributed by atoms with E-state index in [1.54, 1.807) is 0 Å². The summed E-state index contributed by atoms with van der Waals surface area (Å²) in [5, 5.41) is 3.19. The molecule has 2 fully saturated rings. The van der Waals surface area contributed by atoms with Gasteiger partial charge < -0.3 is 10.1 Å². The molecule has 3 nitrogen and oxygen atoms in total. The SMILES string of the molecule is O=C(CC1CCOCC1)NC1CCCCC1. The maximum atomic E-state index is 11.8. The van der Waals surface area contributed by atoms with E-state index in [9.17, 15) is 4.79 Å². The van der Waals surface area contributed by atoms with E-state index < -0.39 is 0 Å². The molecule has 1 N–H and O–H groups in total. The maximum Gasteiger partial charge on any atom is 0.220 e. The molecule has 0 bridgehead atoms. The molecule has 0 aromatic rings. The molecule has 0 unspecified atom stereocenters. The third-order valence-corrected chi connectivity index (χ3v) is 3.79. The molecule has 2 rings (SSSR count). The van der Waals surface area contributed by atoms with Gasteiger partial charge in [0.1, 0.15) is 0 Å². The topological polar surface area (TPSA) is 38.3 Å². The highest BCUT2D eigenvalue weighted by Crippen LogP contribution is 2.20. The maximum absolute atomic E-state index is 11.8. The van der Waals surface area contributed by atoms with E-state index in [2.05, 4.69) is 5.32 Å². The summed E-state index contributed by atoms with van der Waals surface area (Å²) in [5.41, 5.74) is 0. The van der Waals surface area contributed by atoms with E-state index in [1.165, 1.54) is 32.1 Å². The average Bonchev–Trinajstić information content (AvgIpc) is 2.31. The summed E-state index contributed by atoms with van der Waals surface area (Å²) in [6, 6.07) is 0.459. The highest BCUT2D eigenvalue weighted by atomic mass is 16.5. The quantitative estimate of drug-likeness (QED) is 0.800. The minimum Gasteiger partial charge on any atom is -0.381 e. The van der Waals surface area contributed by atoms with Crippen LogP contribution in [-0.4, -0.2) is 25.2 Å². The second kappa shape index (κ2) is 6.24. The number of carbonyl (C=O) groups is 1. The zero-order valence-electron chi connectivity index (χ0n) is 10.0. The number of ether oxygens (including phenoxy) is 1. The fraction of sp³-hybridized carbons (Fsp3) is 0.923. The summed E-state index contributed by atoms with van der Waals surface area (Å²) in [4.78, 5) is 11.8. The van der Waals surface area contributed by atoms with Crippen LogP contribution in [0.5, 0.6) is 0 Å². The largest absolute Gasteiger partial charge is 0.381 e. The molecule has 1 aliphatic carbocycles. The number of nitrogens with one attached hydrogen (secondary N) is 1. The lowest BCUT2D eigenvalue weighted by molar-refractivity contribution is -0.123. The summed E-state index contributed by atoms with van der Waals surface area (Å²) < 4.78 is 5.30. The predicted octanol–water partition coefficient (Wildman–Crippen LogP) is 2.25. The van der Waals surface area contributed by atoms with Crippen molar-refractivity contribution < 1.29 is 9.53 Å². The van der Waals surface area contributed by atoms with Crippen molar-refractivity contribution in [3.8, 4) is 0 Å². The average molecular weight is 225 g/mol. The Morgan fingerprint density at radius 3 is 2.44 bits per heavy atom. The fourth-order valence-corrected chi connectivity index (χ4v) is 2.75. The lowest BCUT2D eigenvalue weighted by Crippen LogP contribution is -2.37. The molecule has 0 atom stereocenters. The Morgan fingerprint density at radius 2 is 1.75 bits per heavy atom. The van der Waals surface area contributed by atoms with E-state index >= 15 is 0 Å². The molecular weight excluding hydrogens is 202 g/mol. The molecule has 1 saturated heterocycles. The van der Waals surface area contributed by atoms with Gasteiger partial charge in [0.25, 0.3) is 0 Å². The molecule has 1 saturated carbocycles. The van der Waals surface area contributed by atoms with Gasteiger partial charge in [-0.15, -0.1) is 0 Å². The second-order valence-corrected chi connectivity index (χ2v) is 5.16. The van der Waals surface area contributed by atoms with Crippen LogP contribution in [0.2, 0.25) is 0 Å². The van der Waals surface area contributed by atoms with Gasteiger partial charge in [-0.05, 0) is 31.6 Å².